The van der Waals surface area contributed by atoms with Crippen molar-refractivity contribution in [1.82, 2.24) is 19.8 Å². The lowest BCUT2D eigenvalue weighted by Gasteiger charge is -2.58. The molecule has 0 bridgehead atoms. The van der Waals surface area contributed by atoms with Crippen LogP contribution in [0.5, 0.6) is 0 Å². The van der Waals surface area contributed by atoms with Crippen LogP contribution in [0.15, 0.2) is 67.1 Å². The summed E-state index contributed by atoms with van der Waals surface area (Å²) in [6.45, 7) is 2.36. The van der Waals surface area contributed by atoms with E-state index < -0.39 is 0 Å². The van der Waals surface area contributed by atoms with E-state index in [2.05, 4.69) is 59.4 Å². The van der Waals surface area contributed by atoms with Gasteiger partial charge in [-0.2, -0.15) is 0 Å². The standard InChI is InChI=1S/C25H24N4O3/c1-16-3-2-4-19(11-16)17-5-7-18(8-6-17)24-21-13-28(14-23(31)29(21)22(24)15-30)25(32)20-12-26-9-10-27-20/h2-12,21-22,24,30H,13-15H2,1H3/t21-,22+,24-/m0/s1. The van der Waals surface area contributed by atoms with Crippen molar-refractivity contribution in [2.75, 3.05) is 19.7 Å². The van der Waals surface area contributed by atoms with Crippen LogP contribution in [0.4, 0.5) is 0 Å². The number of aliphatic hydroxyl groups is 1. The van der Waals surface area contributed by atoms with Gasteiger partial charge < -0.3 is 14.9 Å². The molecule has 162 valence electrons. The first-order chi connectivity index (χ1) is 15.6. The molecule has 3 aromatic rings. The molecule has 2 aromatic carbocycles. The third-order valence-electron chi connectivity index (χ3n) is 6.47. The zero-order valence-corrected chi connectivity index (χ0v) is 17.8. The molecule has 1 aromatic heterocycles. The van der Waals surface area contributed by atoms with Gasteiger partial charge in [-0.05, 0) is 23.6 Å². The summed E-state index contributed by atoms with van der Waals surface area (Å²) in [5.41, 5.74) is 4.76. The van der Waals surface area contributed by atoms with Crippen LogP contribution < -0.4 is 0 Å². The molecule has 7 nitrogen and oxygen atoms in total. The highest BCUT2D eigenvalue weighted by atomic mass is 16.3. The van der Waals surface area contributed by atoms with Crippen LogP contribution in [0.1, 0.15) is 27.5 Å². The maximum absolute atomic E-state index is 12.8. The minimum atomic E-state index is -0.299. The van der Waals surface area contributed by atoms with E-state index in [1.54, 1.807) is 4.90 Å². The first kappa shape index (κ1) is 20.3. The molecule has 2 fully saturated rings. The molecule has 2 aliphatic rings. The molecule has 5 rings (SSSR count). The Hall–Kier alpha value is -3.58. The molecular formula is C25H24N4O3. The number of aryl methyl sites for hydroxylation is 1. The smallest absolute Gasteiger partial charge is 0.274 e. The number of carbonyl (C=O) groups is 2. The summed E-state index contributed by atoms with van der Waals surface area (Å²) in [5, 5.41) is 10.00. The monoisotopic (exact) mass is 428 g/mol. The third-order valence-corrected chi connectivity index (χ3v) is 6.47. The van der Waals surface area contributed by atoms with E-state index in [4.69, 9.17) is 0 Å². The number of fused-ring (bicyclic) bond motifs is 1. The lowest BCUT2D eigenvalue weighted by molar-refractivity contribution is -0.159. The lowest BCUT2D eigenvalue weighted by atomic mass is 9.73. The van der Waals surface area contributed by atoms with Gasteiger partial charge >= 0.3 is 0 Å². The lowest BCUT2D eigenvalue weighted by Crippen LogP contribution is -2.73. The van der Waals surface area contributed by atoms with Crippen LogP contribution in [-0.4, -0.2) is 68.5 Å². The van der Waals surface area contributed by atoms with Gasteiger partial charge in [0.1, 0.15) is 12.2 Å². The van der Waals surface area contributed by atoms with Crippen molar-refractivity contribution in [2.45, 2.75) is 24.9 Å². The van der Waals surface area contributed by atoms with Crippen molar-refractivity contribution in [3.63, 3.8) is 0 Å². The predicted octanol–water partition coefficient (Wildman–Crippen LogP) is 2.26. The van der Waals surface area contributed by atoms with Gasteiger partial charge in [-0.1, -0.05) is 54.1 Å². The van der Waals surface area contributed by atoms with E-state index in [1.807, 2.05) is 6.07 Å². The van der Waals surface area contributed by atoms with Gasteiger partial charge in [-0.15, -0.1) is 0 Å². The second-order valence-corrected chi connectivity index (χ2v) is 8.41. The molecule has 2 aliphatic heterocycles. The van der Waals surface area contributed by atoms with E-state index >= 15 is 0 Å². The van der Waals surface area contributed by atoms with Crippen LogP contribution >= 0.6 is 0 Å². The molecular weight excluding hydrogens is 404 g/mol. The zero-order valence-electron chi connectivity index (χ0n) is 17.8. The Morgan fingerprint density at radius 3 is 2.62 bits per heavy atom. The first-order valence-corrected chi connectivity index (χ1v) is 10.7. The van der Waals surface area contributed by atoms with Crippen molar-refractivity contribution in [3.05, 3.63) is 83.9 Å². The van der Waals surface area contributed by atoms with Crippen molar-refractivity contribution in [2.24, 2.45) is 0 Å². The molecule has 2 saturated heterocycles. The highest BCUT2D eigenvalue weighted by Gasteiger charge is 2.54. The Bertz CT molecular complexity index is 1150. The fraction of sp³-hybridized carbons (Fsp3) is 0.280. The summed E-state index contributed by atoms with van der Waals surface area (Å²) in [6, 6.07) is 16.2. The van der Waals surface area contributed by atoms with Gasteiger partial charge in [-0.3, -0.25) is 14.6 Å². The van der Waals surface area contributed by atoms with Gasteiger partial charge in [0.25, 0.3) is 5.91 Å². The Morgan fingerprint density at radius 2 is 1.94 bits per heavy atom. The number of piperazine rings is 1. The fourth-order valence-corrected chi connectivity index (χ4v) is 4.95. The second-order valence-electron chi connectivity index (χ2n) is 8.41. The molecule has 0 unspecified atom stereocenters. The SMILES string of the molecule is Cc1cccc(-c2ccc([C@@H]3[C@@H](CO)N4C(=O)CN(C(=O)c5cnccn5)C[C@@H]34)cc2)c1. The first-order valence-electron chi connectivity index (χ1n) is 10.7. The highest BCUT2D eigenvalue weighted by Crippen LogP contribution is 2.43. The van der Waals surface area contributed by atoms with Gasteiger partial charge in [0, 0.05) is 24.9 Å². The van der Waals surface area contributed by atoms with Crippen molar-refractivity contribution >= 4 is 11.8 Å². The number of nitrogens with zero attached hydrogens (tertiary/aromatic N) is 4. The second kappa shape index (κ2) is 8.16. The Balaban J connectivity index is 1.39. The number of aromatic nitrogens is 2. The summed E-state index contributed by atoms with van der Waals surface area (Å²) in [5.74, 6) is -0.481. The molecule has 7 heteroatoms. The number of aliphatic hydroxyl groups excluding tert-OH is 1. The molecule has 3 heterocycles. The topological polar surface area (TPSA) is 86.6 Å². The van der Waals surface area contributed by atoms with Crippen LogP contribution in [0.2, 0.25) is 0 Å². The Labute approximate surface area is 186 Å². The predicted molar refractivity (Wildman–Crippen MR) is 119 cm³/mol. The molecule has 0 radical (unpaired) electrons. The van der Waals surface area contributed by atoms with Crippen LogP contribution in [0, 0.1) is 6.92 Å². The number of hydrogen-bond donors (Lipinski definition) is 1. The number of hydrogen-bond acceptors (Lipinski definition) is 5. The van der Waals surface area contributed by atoms with Gasteiger partial charge in [0.05, 0.1) is 24.9 Å². The Morgan fingerprint density at radius 1 is 1.12 bits per heavy atom. The molecule has 32 heavy (non-hydrogen) atoms. The summed E-state index contributed by atoms with van der Waals surface area (Å²) in [7, 11) is 0. The van der Waals surface area contributed by atoms with Gasteiger partial charge in [0.15, 0.2) is 0 Å². The maximum atomic E-state index is 12.8. The number of amides is 2. The van der Waals surface area contributed by atoms with E-state index in [0.29, 0.717) is 6.54 Å². The number of rotatable bonds is 4. The van der Waals surface area contributed by atoms with Gasteiger partial charge in [-0.25, -0.2) is 4.98 Å². The van der Waals surface area contributed by atoms with Crippen LogP contribution in [0.3, 0.4) is 0 Å². The van der Waals surface area contributed by atoms with Crippen LogP contribution in [0.25, 0.3) is 11.1 Å². The third kappa shape index (κ3) is 3.44. The van der Waals surface area contributed by atoms with E-state index in [1.165, 1.54) is 29.1 Å². The molecule has 3 atom stereocenters. The number of benzene rings is 2. The number of carbonyl (C=O) groups excluding carboxylic acids is 2. The molecule has 2 amide bonds. The van der Waals surface area contributed by atoms with Crippen molar-refractivity contribution in [1.29, 1.82) is 0 Å². The minimum absolute atomic E-state index is 0.0125. The summed E-state index contributed by atoms with van der Waals surface area (Å²) in [4.78, 5) is 37.0. The van der Waals surface area contributed by atoms with Crippen molar-refractivity contribution in [3.8, 4) is 11.1 Å². The van der Waals surface area contributed by atoms with Crippen molar-refractivity contribution < 1.29 is 14.7 Å². The largest absolute Gasteiger partial charge is 0.394 e. The molecule has 0 saturated carbocycles. The summed E-state index contributed by atoms with van der Waals surface area (Å²) >= 11 is 0. The van der Waals surface area contributed by atoms with Gasteiger partial charge in [0.2, 0.25) is 5.91 Å². The zero-order chi connectivity index (χ0) is 22.2. The summed E-state index contributed by atoms with van der Waals surface area (Å²) < 4.78 is 0. The fourth-order valence-electron chi connectivity index (χ4n) is 4.95. The van der Waals surface area contributed by atoms with E-state index in [-0.39, 0.29) is 48.7 Å². The molecule has 0 aliphatic carbocycles. The average molecular weight is 428 g/mol. The molecule has 0 spiro atoms. The molecule has 1 N–H and O–H groups in total. The quantitative estimate of drug-likeness (QED) is 0.689. The van der Waals surface area contributed by atoms with Crippen LogP contribution in [-0.2, 0) is 4.79 Å². The van der Waals surface area contributed by atoms with E-state index in [0.717, 1.165) is 16.7 Å². The Kier molecular flexibility index (Phi) is 5.19. The van der Waals surface area contributed by atoms with E-state index in [9.17, 15) is 14.7 Å². The average Bonchev–Trinajstić information content (AvgIpc) is 2.81. The minimum Gasteiger partial charge on any atom is -0.394 e. The highest BCUT2D eigenvalue weighted by molar-refractivity contribution is 5.96. The summed E-state index contributed by atoms with van der Waals surface area (Å²) in [6.07, 6.45) is 4.39. The normalized spacial score (nSPS) is 22.3. The maximum Gasteiger partial charge on any atom is 0.274 e.